The zero-order valence-electron chi connectivity index (χ0n) is 25.1. The normalized spacial score (nSPS) is 14.7. The number of benzene rings is 2. The molecule has 2 aromatic carbocycles. The summed E-state index contributed by atoms with van der Waals surface area (Å²) in [6.07, 6.45) is 10.2. The summed E-state index contributed by atoms with van der Waals surface area (Å²) >= 11 is 0. The monoisotopic (exact) mass is 586 g/mol. The summed E-state index contributed by atoms with van der Waals surface area (Å²) in [7, 11) is 0. The van der Waals surface area contributed by atoms with E-state index in [9.17, 15) is 13.6 Å². The molecule has 1 aliphatic heterocycles. The number of rotatable bonds is 12. The SMILES string of the molecule is CCCCC(CC)c1cc(CCC2CCN(C(=O)Cn3nc(-c4ccc(F)cc4)nc3-c3ccc(F)cc3)CC2)ncn1. The number of nitrogens with zero attached hydrogens (tertiary/aromatic N) is 6. The lowest BCUT2D eigenvalue weighted by Gasteiger charge is -2.32. The molecular formula is C34H40F2N6O. The van der Waals surface area contributed by atoms with Crippen molar-refractivity contribution >= 4 is 5.91 Å². The van der Waals surface area contributed by atoms with E-state index >= 15 is 0 Å². The lowest BCUT2D eigenvalue weighted by atomic mass is 9.90. The molecule has 1 atom stereocenters. The molecule has 0 N–H and O–H groups in total. The molecule has 0 radical (unpaired) electrons. The number of carbonyl (C=O) groups is 1. The van der Waals surface area contributed by atoms with Gasteiger partial charge in [-0.25, -0.2) is 28.4 Å². The van der Waals surface area contributed by atoms with Crippen LogP contribution in [0.3, 0.4) is 0 Å². The molecule has 226 valence electrons. The molecule has 0 spiro atoms. The number of halogens is 2. The van der Waals surface area contributed by atoms with E-state index in [1.54, 1.807) is 35.3 Å². The van der Waals surface area contributed by atoms with Crippen molar-refractivity contribution in [1.29, 1.82) is 0 Å². The minimum Gasteiger partial charge on any atom is -0.341 e. The topological polar surface area (TPSA) is 76.8 Å². The molecule has 9 heteroatoms. The third kappa shape index (κ3) is 7.89. The van der Waals surface area contributed by atoms with Gasteiger partial charge in [-0.2, -0.15) is 0 Å². The molecular weight excluding hydrogens is 546 g/mol. The highest BCUT2D eigenvalue weighted by Crippen LogP contribution is 2.27. The summed E-state index contributed by atoms with van der Waals surface area (Å²) < 4.78 is 28.7. The number of hydrogen-bond donors (Lipinski definition) is 0. The van der Waals surface area contributed by atoms with E-state index in [1.807, 2.05) is 4.90 Å². The molecule has 5 rings (SSSR count). The fourth-order valence-corrected chi connectivity index (χ4v) is 5.82. The van der Waals surface area contributed by atoms with Crippen molar-refractivity contribution in [2.45, 2.75) is 77.7 Å². The van der Waals surface area contributed by atoms with E-state index < -0.39 is 0 Å². The second-order valence-corrected chi connectivity index (χ2v) is 11.5. The maximum absolute atomic E-state index is 13.6. The molecule has 0 bridgehead atoms. The van der Waals surface area contributed by atoms with Crippen LogP contribution in [-0.2, 0) is 17.8 Å². The Morgan fingerprint density at radius 1 is 0.953 bits per heavy atom. The van der Waals surface area contributed by atoms with Crippen LogP contribution in [0.4, 0.5) is 8.78 Å². The average Bonchev–Trinajstić information content (AvgIpc) is 3.45. The van der Waals surface area contributed by atoms with Gasteiger partial charge in [0.1, 0.15) is 24.5 Å². The van der Waals surface area contributed by atoms with Crippen LogP contribution in [0.2, 0.25) is 0 Å². The van der Waals surface area contributed by atoms with Crippen LogP contribution in [0.5, 0.6) is 0 Å². The highest BCUT2D eigenvalue weighted by atomic mass is 19.1. The summed E-state index contributed by atoms with van der Waals surface area (Å²) in [5.74, 6) is 1.14. The Labute approximate surface area is 252 Å². The van der Waals surface area contributed by atoms with Gasteiger partial charge in [-0.1, -0.05) is 26.7 Å². The van der Waals surface area contributed by atoms with Gasteiger partial charge in [0.05, 0.1) is 0 Å². The van der Waals surface area contributed by atoms with E-state index in [0.717, 1.165) is 43.5 Å². The molecule has 43 heavy (non-hydrogen) atoms. The first-order valence-electron chi connectivity index (χ1n) is 15.5. The van der Waals surface area contributed by atoms with Gasteiger partial charge in [-0.3, -0.25) is 4.79 Å². The van der Waals surface area contributed by atoms with E-state index in [0.29, 0.717) is 47.7 Å². The smallest absolute Gasteiger partial charge is 0.244 e. The zero-order chi connectivity index (χ0) is 30.2. The third-order valence-electron chi connectivity index (χ3n) is 8.50. The summed E-state index contributed by atoms with van der Waals surface area (Å²) in [5.41, 5.74) is 3.56. The van der Waals surface area contributed by atoms with Gasteiger partial charge in [0, 0.05) is 41.5 Å². The fourth-order valence-electron chi connectivity index (χ4n) is 5.82. The number of likely N-dealkylation sites (tertiary alicyclic amines) is 1. The molecule has 0 saturated carbocycles. The van der Waals surface area contributed by atoms with E-state index in [-0.39, 0.29) is 24.1 Å². The molecule has 1 fully saturated rings. The summed E-state index contributed by atoms with van der Waals surface area (Å²) in [5, 5.41) is 4.59. The summed E-state index contributed by atoms with van der Waals surface area (Å²) in [6, 6.07) is 14.1. The number of aromatic nitrogens is 5. The standard InChI is InChI=1S/C34H40F2N6O/c1-3-5-6-25(4-2)31-21-30(37-23-38-31)16-7-24-17-19-41(20-18-24)32(43)22-42-34(27-10-14-29(36)15-11-27)39-33(40-42)26-8-12-28(35)13-9-26/h8-15,21,23-25H,3-7,16-20,22H2,1-2H3. The van der Waals surface area contributed by atoms with Crippen LogP contribution in [0.25, 0.3) is 22.8 Å². The van der Waals surface area contributed by atoms with Crippen LogP contribution in [0.15, 0.2) is 60.9 Å². The Kier molecular flexibility index (Phi) is 10.2. The number of carbonyl (C=O) groups excluding carboxylic acids is 1. The number of unbranched alkanes of at least 4 members (excludes halogenated alkanes) is 1. The minimum atomic E-state index is -0.357. The van der Waals surface area contributed by atoms with E-state index in [4.69, 9.17) is 0 Å². The lowest BCUT2D eigenvalue weighted by Crippen LogP contribution is -2.40. The van der Waals surface area contributed by atoms with Crippen molar-refractivity contribution in [2.75, 3.05) is 13.1 Å². The Hall–Kier alpha value is -4.01. The highest BCUT2D eigenvalue weighted by molar-refractivity contribution is 5.77. The molecule has 1 amide bonds. The zero-order valence-corrected chi connectivity index (χ0v) is 25.1. The van der Waals surface area contributed by atoms with Crippen molar-refractivity contribution in [2.24, 2.45) is 5.92 Å². The number of hydrogen-bond acceptors (Lipinski definition) is 5. The third-order valence-corrected chi connectivity index (χ3v) is 8.50. The fraction of sp³-hybridized carbons (Fsp3) is 0.441. The van der Waals surface area contributed by atoms with Crippen LogP contribution < -0.4 is 0 Å². The molecule has 1 unspecified atom stereocenters. The van der Waals surface area contributed by atoms with Crippen molar-refractivity contribution < 1.29 is 13.6 Å². The van der Waals surface area contributed by atoms with Crippen LogP contribution >= 0.6 is 0 Å². The maximum Gasteiger partial charge on any atom is 0.244 e. The van der Waals surface area contributed by atoms with Gasteiger partial charge >= 0.3 is 0 Å². The quantitative estimate of drug-likeness (QED) is 0.175. The Bertz CT molecular complexity index is 1480. The largest absolute Gasteiger partial charge is 0.341 e. The molecule has 4 aromatic rings. The maximum atomic E-state index is 13.6. The Balaban J connectivity index is 1.19. The average molecular weight is 587 g/mol. The van der Waals surface area contributed by atoms with Gasteiger partial charge < -0.3 is 4.90 Å². The number of amides is 1. The lowest BCUT2D eigenvalue weighted by molar-refractivity contribution is -0.133. The predicted octanol–water partition coefficient (Wildman–Crippen LogP) is 7.24. The van der Waals surface area contributed by atoms with Gasteiger partial charge in [0.2, 0.25) is 5.91 Å². The number of aryl methyl sites for hydroxylation is 1. The van der Waals surface area contributed by atoms with Crippen LogP contribution in [0.1, 0.15) is 76.1 Å². The van der Waals surface area contributed by atoms with Crippen molar-refractivity contribution in [1.82, 2.24) is 29.6 Å². The second-order valence-electron chi connectivity index (χ2n) is 11.5. The second kappa shape index (κ2) is 14.4. The summed E-state index contributed by atoms with van der Waals surface area (Å²) in [6.45, 7) is 5.86. The first-order valence-corrected chi connectivity index (χ1v) is 15.5. The van der Waals surface area contributed by atoms with Crippen LogP contribution in [0, 0.1) is 17.6 Å². The molecule has 0 aliphatic carbocycles. The van der Waals surface area contributed by atoms with Gasteiger partial charge in [0.25, 0.3) is 0 Å². The molecule has 1 saturated heterocycles. The first-order chi connectivity index (χ1) is 20.9. The molecule has 2 aromatic heterocycles. The molecule has 7 nitrogen and oxygen atoms in total. The predicted molar refractivity (Wildman–Crippen MR) is 163 cm³/mol. The molecule has 3 heterocycles. The Morgan fingerprint density at radius 3 is 2.28 bits per heavy atom. The van der Waals surface area contributed by atoms with E-state index in [2.05, 4.69) is 40.0 Å². The first kappa shape index (κ1) is 30.4. The van der Waals surface area contributed by atoms with Gasteiger partial charge in [-0.05, 0) is 99.0 Å². The molecule has 1 aliphatic rings. The number of piperidine rings is 1. The van der Waals surface area contributed by atoms with Gasteiger partial charge in [-0.15, -0.1) is 5.10 Å². The van der Waals surface area contributed by atoms with Crippen molar-refractivity contribution in [3.05, 3.63) is 83.9 Å². The summed E-state index contributed by atoms with van der Waals surface area (Å²) in [4.78, 5) is 29.0. The minimum absolute atomic E-state index is 0.0198. The highest BCUT2D eigenvalue weighted by Gasteiger charge is 2.25. The van der Waals surface area contributed by atoms with Crippen LogP contribution in [-0.4, -0.2) is 48.6 Å². The van der Waals surface area contributed by atoms with Crippen molar-refractivity contribution in [3.8, 4) is 22.8 Å². The Morgan fingerprint density at radius 2 is 1.63 bits per heavy atom. The van der Waals surface area contributed by atoms with E-state index in [1.165, 1.54) is 43.5 Å². The van der Waals surface area contributed by atoms with Crippen molar-refractivity contribution in [3.63, 3.8) is 0 Å². The van der Waals surface area contributed by atoms with Gasteiger partial charge in [0.15, 0.2) is 11.6 Å².